The predicted octanol–water partition coefficient (Wildman–Crippen LogP) is 4.52. The number of hydrogen-bond acceptors (Lipinski definition) is 1. The molecule has 13 heavy (non-hydrogen) atoms. The van der Waals surface area contributed by atoms with Crippen LogP contribution in [0.5, 0.6) is 0 Å². The zero-order chi connectivity index (χ0) is 10.5. The minimum atomic E-state index is -2.16. The molecule has 0 heterocycles. The van der Waals surface area contributed by atoms with Gasteiger partial charge in [0.15, 0.2) is 0 Å². The summed E-state index contributed by atoms with van der Waals surface area (Å²) in [6, 6.07) is 0. The molecule has 0 fully saturated rings. The van der Waals surface area contributed by atoms with E-state index in [1.54, 1.807) is 0 Å². The van der Waals surface area contributed by atoms with E-state index < -0.39 is 7.14 Å². The lowest BCUT2D eigenvalue weighted by Crippen LogP contribution is -2.11. The van der Waals surface area contributed by atoms with E-state index in [1.165, 1.54) is 0 Å². The summed E-state index contributed by atoms with van der Waals surface area (Å²) in [5.74, 6) is 0. The Labute approximate surface area is 83.7 Å². The van der Waals surface area contributed by atoms with Crippen molar-refractivity contribution < 1.29 is 4.57 Å². The Balaban J connectivity index is 4.27. The Hall–Kier alpha value is 0.230. The summed E-state index contributed by atoms with van der Waals surface area (Å²) in [7, 11) is -2.16. The van der Waals surface area contributed by atoms with E-state index in [2.05, 4.69) is 34.4 Å². The van der Waals surface area contributed by atoms with Crippen molar-refractivity contribution in [2.75, 3.05) is 0 Å². The molecule has 0 N–H and O–H groups in total. The molecule has 0 saturated carbocycles. The Morgan fingerprint density at radius 1 is 1.08 bits per heavy atom. The third-order valence-corrected chi connectivity index (χ3v) is 6.41. The first-order valence-corrected chi connectivity index (χ1v) is 7.43. The fourth-order valence-electron chi connectivity index (χ4n) is 1.71. The van der Waals surface area contributed by atoms with Gasteiger partial charge in [0.2, 0.25) is 0 Å². The molecule has 79 valence electrons. The smallest absolute Gasteiger partial charge is 0.0935 e. The Morgan fingerprint density at radius 3 is 1.62 bits per heavy atom. The second-order valence-electron chi connectivity index (χ2n) is 4.13. The Kier molecular flexibility index (Phi) is 5.96. The van der Waals surface area contributed by atoms with Crippen molar-refractivity contribution in [1.29, 1.82) is 0 Å². The van der Waals surface area contributed by atoms with Crippen molar-refractivity contribution in [3.8, 4) is 0 Å². The molecule has 0 aromatic carbocycles. The SMILES string of the molecule is [CH2]P(=O)(C(C)CCC)C(C)CCC. The predicted molar refractivity (Wildman–Crippen MR) is 61.7 cm³/mol. The van der Waals surface area contributed by atoms with Crippen LogP contribution in [0.4, 0.5) is 0 Å². The molecule has 0 saturated heterocycles. The summed E-state index contributed by atoms with van der Waals surface area (Å²) in [6.07, 6.45) is 4.32. The average Bonchev–Trinajstić information content (AvgIpc) is 2.05. The quantitative estimate of drug-likeness (QED) is 0.580. The minimum Gasteiger partial charge on any atom is -0.323 e. The highest BCUT2D eigenvalue weighted by Gasteiger charge is 2.29. The van der Waals surface area contributed by atoms with Crippen molar-refractivity contribution in [3.05, 3.63) is 6.66 Å². The molecule has 0 aliphatic rings. The third-order valence-electron chi connectivity index (χ3n) is 2.91. The van der Waals surface area contributed by atoms with Crippen LogP contribution in [-0.4, -0.2) is 11.3 Å². The molecule has 0 spiro atoms. The van der Waals surface area contributed by atoms with Gasteiger partial charge in [0.25, 0.3) is 0 Å². The van der Waals surface area contributed by atoms with Gasteiger partial charge in [-0.05, 0) is 12.8 Å². The van der Waals surface area contributed by atoms with E-state index in [1.807, 2.05) is 0 Å². The molecule has 2 atom stereocenters. The van der Waals surface area contributed by atoms with Crippen LogP contribution in [0.2, 0.25) is 0 Å². The van der Waals surface area contributed by atoms with Crippen LogP contribution < -0.4 is 0 Å². The van der Waals surface area contributed by atoms with E-state index in [9.17, 15) is 4.57 Å². The number of hydrogen-bond donors (Lipinski definition) is 0. The second-order valence-corrected chi connectivity index (χ2v) is 7.60. The largest absolute Gasteiger partial charge is 0.323 e. The second kappa shape index (κ2) is 5.86. The molecular weight excluding hydrogens is 179 g/mol. The lowest BCUT2D eigenvalue weighted by Gasteiger charge is -2.26. The molecule has 1 radical (unpaired) electrons. The van der Waals surface area contributed by atoms with Gasteiger partial charge < -0.3 is 4.57 Å². The lowest BCUT2D eigenvalue weighted by atomic mass is 10.3. The highest BCUT2D eigenvalue weighted by atomic mass is 31.2. The number of rotatable bonds is 6. The van der Waals surface area contributed by atoms with Gasteiger partial charge in [0, 0.05) is 18.0 Å². The molecular formula is C11H24OP. The molecule has 0 aromatic rings. The lowest BCUT2D eigenvalue weighted by molar-refractivity contribution is 0.552. The van der Waals surface area contributed by atoms with Crippen LogP contribution in [0.25, 0.3) is 0 Å². The van der Waals surface area contributed by atoms with Crippen molar-refractivity contribution >= 4 is 7.14 Å². The maximum atomic E-state index is 12.3. The van der Waals surface area contributed by atoms with Crippen molar-refractivity contribution in [3.63, 3.8) is 0 Å². The van der Waals surface area contributed by atoms with E-state index in [0.29, 0.717) is 11.3 Å². The highest BCUT2D eigenvalue weighted by Crippen LogP contribution is 2.56. The first kappa shape index (κ1) is 13.2. The molecule has 0 bridgehead atoms. The van der Waals surface area contributed by atoms with Gasteiger partial charge in [-0.2, -0.15) is 0 Å². The van der Waals surface area contributed by atoms with E-state index in [0.717, 1.165) is 25.7 Å². The van der Waals surface area contributed by atoms with Crippen LogP contribution in [0.3, 0.4) is 0 Å². The van der Waals surface area contributed by atoms with Crippen LogP contribution >= 0.6 is 7.14 Å². The molecule has 0 amide bonds. The standard InChI is InChI=1S/C11H24OP/c1-6-8-10(3)13(5,12)11(4)9-7-2/h10-11H,5-9H2,1-4H3. The van der Waals surface area contributed by atoms with Gasteiger partial charge in [0.1, 0.15) is 0 Å². The average molecular weight is 203 g/mol. The van der Waals surface area contributed by atoms with Crippen LogP contribution in [0.1, 0.15) is 53.4 Å². The Morgan fingerprint density at radius 2 is 1.38 bits per heavy atom. The molecule has 1 nitrogen and oxygen atoms in total. The van der Waals surface area contributed by atoms with E-state index in [-0.39, 0.29) is 0 Å². The van der Waals surface area contributed by atoms with E-state index >= 15 is 0 Å². The maximum Gasteiger partial charge on any atom is 0.0935 e. The maximum absolute atomic E-state index is 12.3. The minimum absolute atomic E-state index is 0.305. The van der Waals surface area contributed by atoms with Crippen molar-refractivity contribution in [1.82, 2.24) is 0 Å². The normalized spacial score (nSPS) is 20.7. The van der Waals surface area contributed by atoms with Gasteiger partial charge in [-0.15, -0.1) is 0 Å². The third kappa shape index (κ3) is 3.85. The van der Waals surface area contributed by atoms with Crippen molar-refractivity contribution in [2.45, 2.75) is 64.7 Å². The van der Waals surface area contributed by atoms with Gasteiger partial charge >= 0.3 is 0 Å². The monoisotopic (exact) mass is 203 g/mol. The van der Waals surface area contributed by atoms with Crippen LogP contribution in [0, 0.1) is 6.66 Å². The van der Waals surface area contributed by atoms with Gasteiger partial charge in [-0.25, -0.2) is 0 Å². The van der Waals surface area contributed by atoms with E-state index in [4.69, 9.17) is 0 Å². The molecule has 0 aromatic heterocycles. The summed E-state index contributed by atoms with van der Waals surface area (Å²) in [5.41, 5.74) is 0.609. The zero-order valence-electron chi connectivity index (χ0n) is 9.55. The van der Waals surface area contributed by atoms with Crippen molar-refractivity contribution in [2.24, 2.45) is 0 Å². The Bertz CT molecular complexity index is 161. The summed E-state index contributed by atoms with van der Waals surface area (Å²) < 4.78 is 12.3. The summed E-state index contributed by atoms with van der Waals surface area (Å²) in [4.78, 5) is 0. The molecule has 0 aliphatic carbocycles. The molecule has 2 unspecified atom stereocenters. The zero-order valence-corrected chi connectivity index (χ0v) is 10.4. The molecule has 2 heteroatoms. The summed E-state index contributed by atoms with van der Waals surface area (Å²) in [6.45, 7) is 12.4. The van der Waals surface area contributed by atoms with Gasteiger partial charge in [0.05, 0.1) is 7.14 Å². The van der Waals surface area contributed by atoms with Gasteiger partial charge in [-0.1, -0.05) is 40.5 Å². The van der Waals surface area contributed by atoms with Crippen LogP contribution in [-0.2, 0) is 4.57 Å². The molecule has 0 rings (SSSR count). The molecule has 0 aliphatic heterocycles. The summed E-state index contributed by atoms with van der Waals surface area (Å²) in [5, 5.41) is 0. The first-order chi connectivity index (χ1) is 5.96. The van der Waals surface area contributed by atoms with Crippen LogP contribution in [0.15, 0.2) is 0 Å². The fraction of sp³-hybridized carbons (Fsp3) is 0.909. The topological polar surface area (TPSA) is 17.1 Å². The summed E-state index contributed by atoms with van der Waals surface area (Å²) >= 11 is 0. The first-order valence-electron chi connectivity index (χ1n) is 5.40. The van der Waals surface area contributed by atoms with Gasteiger partial charge in [-0.3, -0.25) is 0 Å². The fourth-order valence-corrected chi connectivity index (χ4v) is 3.97. The highest BCUT2D eigenvalue weighted by molar-refractivity contribution is 7.66.